The van der Waals surface area contributed by atoms with Gasteiger partial charge in [-0.15, -0.1) is 0 Å². The lowest BCUT2D eigenvalue weighted by molar-refractivity contribution is 0.0959. The molecule has 1 N–H and O–H groups in total. The van der Waals surface area contributed by atoms with Crippen molar-refractivity contribution in [2.24, 2.45) is 0 Å². The van der Waals surface area contributed by atoms with E-state index in [1.54, 1.807) is 0 Å². The predicted molar refractivity (Wildman–Crippen MR) is 86.4 cm³/mol. The normalized spacial score (nSPS) is 18.4. The monoisotopic (exact) mass is 286 g/mol. The fraction of sp³-hybridized carbons (Fsp3) is 0.588. The van der Waals surface area contributed by atoms with Gasteiger partial charge in [0.1, 0.15) is 5.65 Å². The fourth-order valence-electron chi connectivity index (χ4n) is 3.08. The van der Waals surface area contributed by atoms with E-state index in [1.807, 2.05) is 24.4 Å². The average Bonchev–Trinajstić information content (AvgIpc) is 2.87. The van der Waals surface area contributed by atoms with Crippen molar-refractivity contribution >= 4 is 5.65 Å². The van der Waals surface area contributed by atoms with Gasteiger partial charge in [0.05, 0.1) is 5.69 Å². The van der Waals surface area contributed by atoms with Gasteiger partial charge >= 0.3 is 0 Å². The Bertz CT molecular complexity index is 555. The van der Waals surface area contributed by atoms with Crippen molar-refractivity contribution in [2.45, 2.75) is 51.7 Å². The molecule has 21 heavy (non-hydrogen) atoms. The highest BCUT2D eigenvalue weighted by atomic mass is 15.2. The topological polar surface area (TPSA) is 32.6 Å². The standard InChI is InChI=1S/C17H26N4/c1-17(2,3)21-10-7-14(8-11-21)18-12-15-13-20-9-5-4-6-16(20)19-15/h4-6,9,13-14,18H,7-8,10-12H2,1-3H3. The minimum Gasteiger partial charge on any atom is -0.308 e. The number of piperidine rings is 1. The number of likely N-dealkylation sites (tertiary alicyclic amines) is 1. The Balaban J connectivity index is 1.52. The Morgan fingerprint density at radius 1 is 1.24 bits per heavy atom. The summed E-state index contributed by atoms with van der Waals surface area (Å²) in [5.74, 6) is 0. The molecule has 0 bridgehead atoms. The molecule has 114 valence electrons. The van der Waals surface area contributed by atoms with Crippen LogP contribution < -0.4 is 5.32 Å². The number of nitrogens with one attached hydrogen (secondary N) is 1. The van der Waals surface area contributed by atoms with Gasteiger partial charge in [-0.2, -0.15) is 0 Å². The van der Waals surface area contributed by atoms with Gasteiger partial charge in [0.15, 0.2) is 0 Å². The smallest absolute Gasteiger partial charge is 0.137 e. The minimum atomic E-state index is 0.298. The van der Waals surface area contributed by atoms with Crippen molar-refractivity contribution in [2.75, 3.05) is 13.1 Å². The zero-order valence-corrected chi connectivity index (χ0v) is 13.3. The molecule has 4 heteroatoms. The lowest BCUT2D eigenvalue weighted by atomic mass is 9.98. The highest BCUT2D eigenvalue weighted by molar-refractivity contribution is 5.39. The fourth-order valence-corrected chi connectivity index (χ4v) is 3.08. The molecule has 1 aliphatic heterocycles. The Morgan fingerprint density at radius 2 is 2.00 bits per heavy atom. The van der Waals surface area contributed by atoms with Crippen LogP contribution in [0.4, 0.5) is 0 Å². The third-order valence-electron chi connectivity index (χ3n) is 4.43. The summed E-state index contributed by atoms with van der Waals surface area (Å²) in [6.07, 6.45) is 6.62. The summed E-state index contributed by atoms with van der Waals surface area (Å²) in [5, 5.41) is 3.67. The summed E-state index contributed by atoms with van der Waals surface area (Å²) in [4.78, 5) is 7.22. The molecule has 4 nitrogen and oxygen atoms in total. The molecule has 0 amide bonds. The maximum absolute atomic E-state index is 4.64. The second-order valence-electron chi connectivity index (χ2n) is 7.01. The van der Waals surface area contributed by atoms with E-state index in [9.17, 15) is 0 Å². The van der Waals surface area contributed by atoms with E-state index in [1.165, 1.54) is 25.9 Å². The molecule has 0 saturated carbocycles. The van der Waals surface area contributed by atoms with Crippen LogP contribution in [0, 0.1) is 0 Å². The second-order valence-corrected chi connectivity index (χ2v) is 7.01. The van der Waals surface area contributed by atoms with Crippen LogP contribution in [-0.2, 0) is 6.54 Å². The van der Waals surface area contributed by atoms with Gasteiger partial charge in [-0.3, -0.25) is 4.90 Å². The highest BCUT2D eigenvalue weighted by Gasteiger charge is 2.26. The predicted octanol–water partition coefficient (Wildman–Crippen LogP) is 2.69. The zero-order chi connectivity index (χ0) is 14.9. The lowest BCUT2D eigenvalue weighted by Crippen LogP contribution is -2.49. The molecule has 0 spiro atoms. The van der Waals surface area contributed by atoms with E-state index in [0.29, 0.717) is 11.6 Å². The number of pyridine rings is 1. The first-order valence-electron chi connectivity index (χ1n) is 7.93. The van der Waals surface area contributed by atoms with Crippen molar-refractivity contribution in [1.82, 2.24) is 19.6 Å². The molecule has 1 aliphatic rings. The Morgan fingerprint density at radius 3 is 2.67 bits per heavy atom. The summed E-state index contributed by atoms with van der Waals surface area (Å²) in [6.45, 7) is 10.1. The third-order valence-corrected chi connectivity index (χ3v) is 4.43. The first kappa shape index (κ1) is 14.5. The van der Waals surface area contributed by atoms with Crippen molar-refractivity contribution in [1.29, 1.82) is 0 Å². The Labute approximate surface area is 127 Å². The van der Waals surface area contributed by atoms with Gasteiger partial charge in [-0.05, 0) is 45.7 Å². The Kier molecular flexibility index (Phi) is 4.00. The number of aromatic nitrogens is 2. The second kappa shape index (κ2) is 5.78. The van der Waals surface area contributed by atoms with Crippen LogP contribution in [-0.4, -0.2) is 39.0 Å². The van der Waals surface area contributed by atoms with Crippen molar-refractivity contribution in [3.05, 3.63) is 36.3 Å². The van der Waals surface area contributed by atoms with Gasteiger partial charge < -0.3 is 9.72 Å². The zero-order valence-electron chi connectivity index (χ0n) is 13.3. The number of fused-ring (bicyclic) bond motifs is 1. The van der Waals surface area contributed by atoms with Crippen LogP contribution >= 0.6 is 0 Å². The molecule has 0 atom stereocenters. The number of imidazole rings is 1. The SMILES string of the molecule is CC(C)(C)N1CCC(NCc2cn3ccccc3n2)CC1. The summed E-state index contributed by atoms with van der Waals surface area (Å²) in [5.41, 5.74) is 2.45. The average molecular weight is 286 g/mol. The maximum atomic E-state index is 4.64. The van der Waals surface area contributed by atoms with E-state index in [2.05, 4.69) is 46.6 Å². The van der Waals surface area contributed by atoms with E-state index in [4.69, 9.17) is 0 Å². The van der Waals surface area contributed by atoms with Crippen LogP contribution in [0.2, 0.25) is 0 Å². The molecule has 3 rings (SSSR count). The van der Waals surface area contributed by atoms with Crippen LogP contribution in [0.5, 0.6) is 0 Å². The van der Waals surface area contributed by atoms with E-state index in [0.717, 1.165) is 17.9 Å². The molecule has 1 fully saturated rings. The van der Waals surface area contributed by atoms with Crippen LogP contribution in [0.3, 0.4) is 0 Å². The van der Waals surface area contributed by atoms with Crippen molar-refractivity contribution in [3.8, 4) is 0 Å². The number of hydrogen-bond donors (Lipinski definition) is 1. The molecular weight excluding hydrogens is 260 g/mol. The number of rotatable bonds is 3. The molecule has 1 saturated heterocycles. The molecule has 0 aromatic carbocycles. The van der Waals surface area contributed by atoms with Gasteiger partial charge in [0, 0.05) is 43.6 Å². The maximum Gasteiger partial charge on any atom is 0.137 e. The molecule has 2 aromatic heterocycles. The van der Waals surface area contributed by atoms with E-state index < -0.39 is 0 Å². The first-order chi connectivity index (χ1) is 10.0. The number of nitrogens with zero attached hydrogens (tertiary/aromatic N) is 3. The van der Waals surface area contributed by atoms with Gasteiger partial charge in [0.25, 0.3) is 0 Å². The first-order valence-corrected chi connectivity index (χ1v) is 7.93. The van der Waals surface area contributed by atoms with Gasteiger partial charge in [-0.1, -0.05) is 6.07 Å². The molecular formula is C17H26N4. The Hall–Kier alpha value is -1.39. The van der Waals surface area contributed by atoms with Gasteiger partial charge in [0.2, 0.25) is 0 Å². The molecule has 2 aromatic rings. The summed E-state index contributed by atoms with van der Waals surface area (Å²) in [7, 11) is 0. The third kappa shape index (κ3) is 3.44. The molecule has 0 aliphatic carbocycles. The molecule has 0 unspecified atom stereocenters. The van der Waals surface area contributed by atoms with E-state index in [-0.39, 0.29) is 0 Å². The lowest BCUT2D eigenvalue weighted by Gasteiger charge is -2.41. The minimum absolute atomic E-state index is 0.298. The van der Waals surface area contributed by atoms with Gasteiger partial charge in [-0.25, -0.2) is 4.98 Å². The summed E-state index contributed by atoms with van der Waals surface area (Å²) < 4.78 is 2.08. The van der Waals surface area contributed by atoms with Crippen molar-refractivity contribution < 1.29 is 0 Å². The summed E-state index contributed by atoms with van der Waals surface area (Å²) in [6, 6.07) is 6.73. The number of hydrogen-bond acceptors (Lipinski definition) is 3. The largest absolute Gasteiger partial charge is 0.308 e. The van der Waals surface area contributed by atoms with E-state index >= 15 is 0 Å². The van der Waals surface area contributed by atoms with Crippen LogP contribution in [0.15, 0.2) is 30.6 Å². The van der Waals surface area contributed by atoms with Crippen LogP contribution in [0.25, 0.3) is 5.65 Å². The molecule has 0 radical (unpaired) electrons. The van der Waals surface area contributed by atoms with Crippen molar-refractivity contribution in [3.63, 3.8) is 0 Å². The summed E-state index contributed by atoms with van der Waals surface area (Å²) >= 11 is 0. The van der Waals surface area contributed by atoms with Crippen LogP contribution in [0.1, 0.15) is 39.3 Å². The quantitative estimate of drug-likeness (QED) is 0.941. The molecule has 3 heterocycles. The highest BCUT2D eigenvalue weighted by Crippen LogP contribution is 2.20.